The van der Waals surface area contributed by atoms with Crippen LogP contribution in [-0.2, 0) is 34.3 Å². The van der Waals surface area contributed by atoms with E-state index in [1.54, 1.807) is 32.9 Å². The molecule has 0 N–H and O–H groups in total. The van der Waals surface area contributed by atoms with E-state index in [1.165, 1.54) is 11.8 Å². The Morgan fingerprint density at radius 1 is 1.20 bits per heavy atom. The fourth-order valence-electron chi connectivity index (χ4n) is 2.20. The Kier molecular flexibility index (Phi) is 9.15. The van der Waals surface area contributed by atoms with Crippen LogP contribution in [0.25, 0.3) is 0 Å². The lowest BCUT2D eigenvalue weighted by Crippen LogP contribution is -2.14. The Labute approximate surface area is 155 Å². The molecule has 1 aromatic carbocycles. The van der Waals surface area contributed by atoms with Gasteiger partial charge < -0.3 is 9.05 Å². The highest BCUT2D eigenvalue weighted by Gasteiger charge is 2.31. The molecule has 0 aliphatic carbocycles. The molecular formula is C16H27O6PS2. The second kappa shape index (κ2) is 10.1. The minimum absolute atomic E-state index is 0.135. The van der Waals surface area contributed by atoms with E-state index in [1.807, 2.05) is 19.9 Å². The summed E-state index contributed by atoms with van der Waals surface area (Å²) in [7, 11) is -7.75. The zero-order chi connectivity index (χ0) is 19.1. The molecular weight excluding hydrogens is 383 g/mol. The van der Waals surface area contributed by atoms with Gasteiger partial charge in [-0.25, -0.2) is 0 Å². The quantitative estimate of drug-likeness (QED) is 0.298. The molecule has 0 heterocycles. The summed E-state index contributed by atoms with van der Waals surface area (Å²) < 4.78 is 53.7. The van der Waals surface area contributed by atoms with E-state index in [9.17, 15) is 13.0 Å². The molecule has 144 valence electrons. The van der Waals surface area contributed by atoms with Crippen LogP contribution in [0, 0.1) is 0 Å². The van der Waals surface area contributed by atoms with Crippen molar-refractivity contribution in [2.75, 3.05) is 18.7 Å². The summed E-state index contributed by atoms with van der Waals surface area (Å²) in [5, 5.41) is 0. The Bertz CT molecular complexity index is 703. The first-order valence-corrected chi connectivity index (χ1v) is 12.4. The molecule has 25 heavy (non-hydrogen) atoms. The monoisotopic (exact) mass is 410 g/mol. The van der Waals surface area contributed by atoms with Crippen molar-refractivity contribution in [1.82, 2.24) is 0 Å². The normalized spacial score (nSPS) is 14.6. The molecule has 1 unspecified atom stereocenters. The molecule has 0 spiro atoms. The van der Waals surface area contributed by atoms with E-state index >= 15 is 0 Å². The highest BCUT2D eigenvalue weighted by atomic mass is 32.2. The van der Waals surface area contributed by atoms with Crippen molar-refractivity contribution >= 4 is 29.5 Å². The molecule has 0 bridgehead atoms. The van der Waals surface area contributed by atoms with Crippen LogP contribution in [0.5, 0.6) is 0 Å². The standard InChI is InChI=1S/C16H27O6PS2/c1-6-14-10-9-11-15(24-8-3)16(14)25(18,19)21-12-23(17,20-7-2)22-13(4)5/h9-11,13H,6-8,12H2,1-5H3. The predicted molar refractivity (Wildman–Crippen MR) is 101 cm³/mol. The summed E-state index contributed by atoms with van der Waals surface area (Å²) in [6.07, 6.45) is -0.477. The van der Waals surface area contributed by atoms with E-state index in [2.05, 4.69) is 0 Å². The number of hydrogen-bond acceptors (Lipinski definition) is 7. The first kappa shape index (κ1) is 22.7. The van der Waals surface area contributed by atoms with Crippen LogP contribution in [-0.4, -0.2) is 33.2 Å². The topological polar surface area (TPSA) is 78.9 Å². The molecule has 0 amide bonds. The lowest BCUT2D eigenvalue weighted by atomic mass is 10.2. The number of aryl methyl sites for hydroxylation is 1. The molecule has 0 saturated carbocycles. The molecule has 1 aromatic rings. The fourth-order valence-corrected chi connectivity index (χ4v) is 6.70. The van der Waals surface area contributed by atoms with Crippen molar-refractivity contribution in [3.05, 3.63) is 23.8 Å². The lowest BCUT2D eigenvalue weighted by Gasteiger charge is -2.20. The molecule has 0 aliphatic heterocycles. The highest BCUT2D eigenvalue weighted by Crippen LogP contribution is 2.50. The summed E-state index contributed by atoms with van der Waals surface area (Å²) in [6.45, 7) is 9.01. The van der Waals surface area contributed by atoms with Gasteiger partial charge in [0, 0.05) is 4.90 Å². The van der Waals surface area contributed by atoms with Crippen LogP contribution in [0.2, 0.25) is 0 Å². The lowest BCUT2D eigenvalue weighted by molar-refractivity contribution is 0.158. The fraction of sp³-hybridized carbons (Fsp3) is 0.625. The van der Waals surface area contributed by atoms with Crippen LogP contribution in [0.1, 0.15) is 40.2 Å². The third-order valence-electron chi connectivity index (χ3n) is 3.05. The van der Waals surface area contributed by atoms with E-state index in [0.29, 0.717) is 16.9 Å². The van der Waals surface area contributed by atoms with Gasteiger partial charge in [0.25, 0.3) is 10.1 Å². The van der Waals surface area contributed by atoms with Crippen molar-refractivity contribution < 1.29 is 26.2 Å². The van der Waals surface area contributed by atoms with Gasteiger partial charge in [0.15, 0.2) is 6.35 Å². The van der Waals surface area contributed by atoms with Crippen molar-refractivity contribution in [2.24, 2.45) is 0 Å². The summed E-state index contributed by atoms with van der Waals surface area (Å²) in [5.41, 5.74) is 0.662. The Morgan fingerprint density at radius 3 is 2.40 bits per heavy atom. The maximum atomic E-state index is 12.8. The summed E-state index contributed by atoms with van der Waals surface area (Å²) in [6, 6.07) is 5.32. The van der Waals surface area contributed by atoms with Gasteiger partial charge in [-0.15, -0.1) is 11.8 Å². The number of rotatable bonds is 11. The Morgan fingerprint density at radius 2 is 1.88 bits per heavy atom. The second-order valence-corrected chi connectivity index (χ2v) is 10.2. The minimum atomic E-state index is -4.10. The second-order valence-electron chi connectivity index (χ2n) is 5.41. The summed E-state index contributed by atoms with van der Waals surface area (Å²) in [4.78, 5) is 0.759. The highest BCUT2D eigenvalue weighted by molar-refractivity contribution is 8.00. The molecule has 0 aliphatic rings. The van der Waals surface area contributed by atoms with Gasteiger partial charge in [-0.1, -0.05) is 26.0 Å². The Balaban J connectivity index is 3.15. The van der Waals surface area contributed by atoms with Crippen molar-refractivity contribution in [3.8, 4) is 0 Å². The molecule has 0 saturated heterocycles. The predicted octanol–water partition coefficient (Wildman–Crippen LogP) is 4.68. The smallest absolute Gasteiger partial charge is 0.307 e. The number of benzene rings is 1. The molecule has 1 atom stereocenters. The van der Waals surface area contributed by atoms with E-state index in [4.69, 9.17) is 13.2 Å². The van der Waals surface area contributed by atoms with Gasteiger partial charge >= 0.3 is 7.60 Å². The van der Waals surface area contributed by atoms with Gasteiger partial charge in [0.05, 0.1) is 12.7 Å². The van der Waals surface area contributed by atoms with Gasteiger partial charge in [-0.3, -0.25) is 8.75 Å². The number of hydrogen-bond donors (Lipinski definition) is 0. The zero-order valence-electron chi connectivity index (χ0n) is 15.4. The first-order valence-electron chi connectivity index (χ1n) is 8.25. The van der Waals surface area contributed by atoms with E-state index < -0.39 is 24.1 Å². The molecule has 0 radical (unpaired) electrons. The van der Waals surface area contributed by atoms with Crippen LogP contribution >= 0.6 is 19.4 Å². The van der Waals surface area contributed by atoms with E-state index in [0.717, 1.165) is 5.75 Å². The Hall–Kier alpha value is -0.370. The van der Waals surface area contributed by atoms with Gasteiger partial charge in [0.1, 0.15) is 4.90 Å². The summed E-state index contributed by atoms with van der Waals surface area (Å²) in [5.74, 6) is 0.726. The summed E-state index contributed by atoms with van der Waals surface area (Å²) >= 11 is 1.42. The van der Waals surface area contributed by atoms with Crippen molar-refractivity contribution in [3.63, 3.8) is 0 Å². The molecule has 6 nitrogen and oxygen atoms in total. The maximum Gasteiger partial charge on any atom is 0.357 e. The zero-order valence-corrected chi connectivity index (χ0v) is 17.9. The van der Waals surface area contributed by atoms with Crippen molar-refractivity contribution in [1.29, 1.82) is 0 Å². The van der Waals surface area contributed by atoms with Gasteiger partial charge in [-0.2, -0.15) is 8.42 Å². The molecule has 0 fully saturated rings. The third-order valence-corrected chi connectivity index (χ3v) is 7.55. The average Bonchev–Trinajstić information content (AvgIpc) is 2.52. The average molecular weight is 410 g/mol. The molecule has 0 aromatic heterocycles. The van der Waals surface area contributed by atoms with Crippen molar-refractivity contribution in [2.45, 2.75) is 56.9 Å². The van der Waals surface area contributed by atoms with Crippen LogP contribution in [0.4, 0.5) is 0 Å². The minimum Gasteiger partial charge on any atom is -0.307 e. The SMILES string of the molecule is CCOP(=O)(COS(=O)(=O)c1c(CC)cccc1SCC)OC(C)C. The van der Waals surface area contributed by atoms with Crippen LogP contribution < -0.4 is 0 Å². The number of thioether (sulfide) groups is 1. The van der Waals surface area contributed by atoms with Crippen LogP contribution in [0.15, 0.2) is 28.0 Å². The third kappa shape index (κ3) is 6.70. The van der Waals surface area contributed by atoms with Crippen LogP contribution in [0.3, 0.4) is 0 Å². The van der Waals surface area contributed by atoms with E-state index in [-0.39, 0.29) is 17.6 Å². The van der Waals surface area contributed by atoms with Gasteiger partial charge in [-0.05, 0) is 44.6 Å². The maximum absolute atomic E-state index is 12.8. The largest absolute Gasteiger partial charge is 0.357 e. The molecule has 9 heteroatoms. The molecule has 1 rings (SSSR count). The first-order chi connectivity index (χ1) is 11.7. The van der Waals surface area contributed by atoms with Gasteiger partial charge in [0.2, 0.25) is 0 Å².